The summed E-state index contributed by atoms with van der Waals surface area (Å²) in [4.78, 5) is 0. The normalized spacial score (nSPS) is 33.8. The van der Waals surface area contributed by atoms with Crippen LogP contribution in [0.3, 0.4) is 0 Å². The molecule has 2 aliphatic carbocycles. The minimum atomic E-state index is -1.75. The Morgan fingerprint density at radius 2 is 1.83 bits per heavy atom. The Hall–Kier alpha value is -0.123. The van der Waals surface area contributed by atoms with Gasteiger partial charge in [-0.15, -0.1) is 0 Å². The van der Waals surface area contributed by atoms with E-state index in [0.29, 0.717) is 17.9 Å². The molecule has 0 aromatic carbocycles. The molecule has 1 saturated carbocycles. The molecule has 3 atom stereocenters. The average Bonchev–Trinajstić information content (AvgIpc) is 2.42. The van der Waals surface area contributed by atoms with Crippen LogP contribution in [-0.4, -0.2) is 26.6 Å². The van der Waals surface area contributed by atoms with E-state index in [4.69, 9.17) is 4.43 Å². The van der Waals surface area contributed by atoms with Crippen molar-refractivity contribution in [2.75, 3.05) is 13.2 Å². The molecule has 0 saturated heterocycles. The number of hydrogen-bond acceptors (Lipinski definition) is 2. The standard InChI is InChI=1S/C21H40O2Si/c1-19(2,3)24(7,8)23-15-16-10-11-18-20(4,5)12-9-13-21(18,6)17(16)14-22/h10,17-18,22H,9,11-15H2,1-8H3/t17-,18+,21-/m1/s1. The molecular weight excluding hydrogens is 312 g/mol. The van der Waals surface area contributed by atoms with Crippen LogP contribution in [-0.2, 0) is 4.43 Å². The molecule has 140 valence electrons. The number of fused-ring (bicyclic) bond motifs is 1. The maximum atomic E-state index is 10.2. The summed E-state index contributed by atoms with van der Waals surface area (Å²) in [6.07, 6.45) is 7.40. The van der Waals surface area contributed by atoms with Crippen LogP contribution < -0.4 is 0 Å². The molecule has 0 spiro atoms. The van der Waals surface area contributed by atoms with Crippen LogP contribution in [0.2, 0.25) is 18.1 Å². The van der Waals surface area contributed by atoms with Gasteiger partial charge in [-0.1, -0.05) is 54.0 Å². The third-order valence-electron chi connectivity index (χ3n) is 7.72. The van der Waals surface area contributed by atoms with E-state index >= 15 is 0 Å². The van der Waals surface area contributed by atoms with Gasteiger partial charge in [0.15, 0.2) is 8.32 Å². The lowest BCUT2D eigenvalue weighted by Crippen LogP contribution is -2.50. The third kappa shape index (κ3) is 3.54. The van der Waals surface area contributed by atoms with E-state index in [-0.39, 0.29) is 23.0 Å². The first-order chi connectivity index (χ1) is 10.9. The summed E-state index contributed by atoms with van der Waals surface area (Å²) in [5.74, 6) is 0.938. The van der Waals surface area contributed by atoms with Crippen molar-refractivity contribution < 1.29 is 9.53 Å². The zero-order valence-corrected chi connectivity index (χ0v) is 18.3. The molecule has 2 rings (SSSR count). The first-order valence-electron chi connectivity index (χ1n) is 9.79. The van der Waals surface area contributed by atoms with Crippen LogP contribution in [0.15, 0.2) is 11.6 Å². The molecule has 1 N–H and O–H groups in total. The van der Waals surface area contributed by atoms with Crippen molar-refractivity contribution in [2.24, 2.45) is 22.7 Å². The molecule has 2 nitrogen and oxygen atoms in total. The lowest BCUT2D eigenvalue weighted by atomic mass is 9.49. The van der Waals surface area contributed by atoms with Gasteiger partial charge in [-0.05, 0) is 59.7 Å². The van der Waals surface area contributed by atoms with Crippen LogP contribution in [0.25, 0.3) is 0 Å². The third-order valence-corrected chi connectivity index (χ3v) is 12.2. The van der Waals surface area contributed by atoms with Gasteiger partial charge in [-0.2, -0.15) is 0 Å². The number of rotatable bonds is 4. The van der Waals surface area contributed by atoms with Crippen LogP contribution in [0.4, 0.5) is 0 Å². The van der Waals surface area contributed by atoms with Crippen LogP contribution >= 0.6 is 0 Å². The lowest BCUT2D eigenvalue weighted by molar-refractivity contribution is -0.0537. The van der Waals surface area contributed by atoms with Gasteiger partial charge in [0.05, 0.1) is 13.2 Å². The van der Waals surface area contributed by atoms with E-state index in [9.17, 15) is 5.11 Å². The fraction of sp³-hybridized carbons (Fsp3) is 0.905. The second-order valence-electron chi connectivity index (χ2n) is 10.7. The Balaban J connectivity index is 2.22. The Kier molecular flexibility index (Phi) is 5.51. The Bertz CT molecular complexity index is 487. The zero-order chi connectivity index (χ0) is 18.4. The van der Waals surface area contributed by atoms with Crippen LogP contribution in [0.1, 0.15) is 67.2 Å². The van der Waals surface area contributed by atoms with Crippen molar-refractivity contribution >= 4 is 8.32 Å². The molecule has 2 aliphatic rings. The predicted molar refractivity (Wildman–Crippen MR) is 106 cm³/mol. The zero-order valence-electron chi connectivity index (χ0n) is 17.3. The van der Waals surface area contributed by atoms with E-state index in [1.54, 1.807) is 0 Å². The van der Waals surface area contributed by atoms with Gasteiger partial charge in [0.25, 0.3) is 0 Å². The van der Waals surface area contributed by atoms with E-state index in [1.165, 1.54) is 24.8 Å². The molecule has 24 heavy (non-hydrogen) atoms. The highest BCUT2D eigenvalue weighted by Gasteiger charge is 2.52. The first-order valence-corrected chi connectivity index (χ1v) is 12.7. The highest BCUT2D eigenvalue weighted by Crippen LogP contribution is 2.59. The first kappa shape index (κ1) is 20.2. The molecule has 0 aromatic rings. The number of aliphatic hydroxyl groups is 1. The number of allylic oxidation sites excluding steroid dienone is 1. The van der Waals surface area contributed by atoms with Gasteiger partial charge < -0.3 is 9.53 Å². The molecule has 0 radical (unpaired) electrons. The summed E-state index contributed by atoms with van der Waals surface area (Å²) >= 11 is 0. The van der Waals surface area contributed by atoms with Crippen molar-refractivity contribution in [3.63, 3.8) is 0 Å². The molecule has 0 heterocycles. The monoisotopic (exact) mass is 352 g/mol. The van der Waals surface area contributed by atoms with Crippen molar-refractivity contribution in [1.82, 2.24) is 0 Å². The molecule has 0 unspecified atom stereocenters. The van der Waals surface area contributed by atoms with Gasteiger partial charge in [0, 0.05) is 5.92 Å². The van der Waals surface area contributed by atoms with Gasteiger partial charge in [0.1, 0.15) is 0 Å². The highest BCUT2D eigenvalue weighted by molar-refractivity contribution is 6.74. The van der Waals surface area contributed by atoms with Crippen LogP contribution in [0, 0.1) is 22.7 Å². The minimum absolute atomic E-state index is 0.220. The van der Waals surface area contributed by atoms with Crippen molar-refractivity contribution in [3.05, 3.63) is 11.6 Å². The summed E-state index contributed by atoms with van der Waals surface area (Å²) in [6.45, 7) is 19.8. The summed E-state index contributed by atoms with van der Waals surface area (Å²) in [5, 5.41) is 10.5. The second-order valence-corrected chi connectivity index (χ2v) is 15.5. The number of hydrogen-bond donors (Lipinski definition) is 1. The predicted octanol–water partition coefficient (Wildman–Crippen LogP) is 5.78. The Morgan fingerprint density at radius 1 is 1.21 bits per heavy atom. The topological polar surface area (TPSA) is 29.5 Å². The van der Waals surface area contributed by atoms with Crippen LogP contribution in [0.5, 0.6) is 0 Å². The van der Waals surface area contributed by atoms with E-state index in [2.05, 4.69) is 60.7 Å². The lowest BCUT2D eigenvalue weighted by Gasteiger charge is -2.56. The SMILES string of the molecule is CC1(C)CCC[C@]2(C)[C@H](CO)C(CO[Si](C)(C)C(C)(C)C)=CC[C@@H]12. The molecular formula is C21H40O2Si. The molecule has 0 amide bonds. The Morgan fingerprint density at radius 3 is 2.38 bits per heavy atom. The maximum absolute atomic E-state index is 10.2. The molecule has 0 aliphatic heterocycles. The van der Waals surface area contributed by atoms with Crippen molar-refractivity contribution in [2.45, 2.75) is 85.4 Å². The average molecular weight is 353 g/mol. The maximum Gasteiger partial charge on any atom is 0.192 e. The molecule has 3 heteroatoms. The minimum Gasteiger partial charge on any atom is -0.413 e. The fourth-order valence-electron chi connectivity index (χ4n) is 4.97. The highest BCUT2D eigenvalue weighted by atomic mass is 28.4. The molecule has 0 bridgehead atoms. The van der Waals surface area contributed by atoms with Crippen molar-refractivity contribution in [3.8, 4) is 0 Å². The van der Waals surface area contributed by atoms with Crippen molar-refractivity contribution in [1.29, 1.82) is 0 Å². The Labute approximate surface area is 151 Å². The fourth-order valence-corrected chi connectivity index (χ4v) is 5.93. The largest absolute Gasteiger partial charge is 0.413 e. The van der Waals surface area contributed by atoms with Gasteiger partial charge in [-0.3, -0.25) is 0 Å². The number of aliphatic hydroxyl groups excluding tert-OH is 1. The van der Waals surface area contributed by atoms with E-state index < -0.39 is 8.32 Å². The van der Waals surface area contributed by atoms with Gasteiger partial charge in [-0.25, -0.2) is 0 Å². The molecule has 1 fully saturated rings. The van der Waals surface area contributed by atoms with Gasteiger partial charge >= 0.3 is 0 Å². The summed E-state index contributed by atoms with van der Waals surface area (Å²) in [6, 6.07) is 0. The van der Waals surface area contributed by atoms with Gasteiger partial charge in [0.2, 0.25) is 0 Å². The quantitative estimate of drug-likeness (QED) is 0.513. The smallest absolute Gasteiger partial charge is 0.192 e. The summed E-state index contributed by atoms with van der Waals surface area (Å²) in [5.41, 5.74) is 1.96. The summed E-state index contributed by atoms with van der Waals surface area (Å²) < 4.78 is 6.50. The molecule has 0 aromatic heterocycles. The summed E-state index contributed by atoms with van der Waals surface area (Å²) in [7, 11) is -1.75. The van der Waals surface area contributed by atoms with E-state index in [0.717, 1.165) is 6.42 Å². The van der Waals surface area contributed by atoms with E-state index in [1.807, 2.05) is 0 Å². The second kappa shape index (κ2) is 6.55.